The van der Waals surface area contributed by atoms with Crippen LogP contribution in [0.15, 0.2) is 91.0 Å². The van der Waals surface area contributed by atoms with Gasteiger partial charge in [-0.2, -0.15) is 6.32 Å². The van der Waals surface area contributed by atoms with Crippen LogP contribution in [0, 0.1) is 0 Å². The van der Waals surface area contributed by atoms with Crippen molar-refractivity contribution in [3.05, 3.63) is 91.0 Å². The van der Waals surface area contributed by atoms with E-state index in [1.807, 2.05) is 0 Å². The molecule has 0 fully saturated rings. The molecule has 234 valence electrons. The van der Waals surface area contributed by atoms with Crippen molar-refractivity contribution in [2.75, 3.05) is 28.2 Å². The summed E-state index contributed by atoms with van der Waals surface area (Å²) >= 11 is 0. The zero-order valence-electron chi connectivity index (χ0n) is 28.9. The molecule has 0 bridgehead atoms. The van der Waals surface area contributed by atoms with E-state index in [4.69, 9.17) is 0 Å². The molecule has 3 rings (SSSR count). The van der Waals surface area contributed by atoms with E-state index in [0.29, 0.717) is 0 Å². The van der Waals surface area contributed by atoms with Crippen LogP contribution >= 0.6 is 0 Å². The maximum Gasteiger partial charge on any atom is 0.0675 e. The highest BCUT2D eigenvalue weighted by Crippen LogP contribution is 2.35. The first kappa shape index (κ1) is 37.9. The van der Waals surface area contributed by atoms with Gasteiger partial charge >= 0.3 is 0 Å². The molecule has 0 spiro atoms. The largest absolute Gasteiger partial charge is 0.369 e. The van der Waals surface area contributed by atoms with E-state index < -0.39 is 13.7 Å². The van der Waals surface area contributed by atoms with Crippen molar-refractivity contribution in [1.29, 1.82) is 0 Å². The Hall–Kier alpha value is -2.14. The molecule has 0 aliphatic rings. The second-order valence-corrected chi connectivity index (χ2v) is 18.7. The van der Waals surface area contributed by atoms with E-state index in [1.54, 1.807) is 16.1 Å². The molecule has 4 N–H and O–H groups in total. The molecule has 4 heteroatoms. The molecule has 3 aromatic rings. The normalized spacial score (nSPS) is 11.8. The van der Waals surface area contributed by atoms with Gasteiger partial charge in [0.25, 0.3) is 0 Å². The first-order valence-corrected chi connectivity index (χ1v) is 19.4. The van der Waals surface area contributed by atoms with Crippen LogP contribution in [0.1, 0.15) is 85.0 Å². The summed E-state index contributed by atoms with van der Waals surface area (Å²) in [5.41, 5.74) is 2.37. The standard InChI is InChI=1S/C34H50BSi.C4H12N.H3N/c1-4-7-10-11-12-22-29-35(32-23-16-13-17-24-32,33-25-18-14-19-26-33)36(30-8-5-2,31-9-6-3)34-27-20-15-21-28-34;1-5(2,3)4;/h13-21,23-28H,4-12,22,29-31H2,1-3H3;1-4H3;1H3/q-1;+1;/p+1. The quantitative estimate of drug-likeness (QED) is 0.0925. The van der Waals surface area contributed by atoms with E-state index in [9.17, 15) is 0 Å². The second-order valence-electron chi connectivity index (χ2n) is 13.8. The lowest BCUT2D eigenvalue weighted by molar-refractivity contribution is -0.849. The molecule has 0 aliphatic carbocycles. The van der Waals surface area contributed by atoms with Crippen LogP contribution in [-0.2, 0) is 0 Å². The highest BCUT2D eigenvalue weighted by atomic mass is 28.3. The molecule has 0 saturated heterocycles. The Morgan fingerprint density at radius 1 is 0.500 bits per heavy atom. The molecular formula is C38H66BN2Si+. The minimum Gasteiger partial charge on any atom is -0.369 e. The Morgan fingerprint density at radius 2 is 0.857 bits per heavy atom. The van der Waals surface area contributed by atoms with Crippen molar-refractivity contribution in [3.8, 4) is 0 Å². The number of nitrogens with zero attached hydrogens (tertiary/aromatic N) is 1. The third kappa shape index (κ3) is 11.2. The lowest BCUT2D eigenvalue weighted by Gasteiger charge is -2.58. The van der Waals surface area contributed by atoms with Gasteiger partial charge in [0.15, 0.2) is 0 Å². The van der Waals surface area contributed by atoms with Crippen LogP contribution in [0.25, 0.3) is 0 Å². The average Bonchev–Trinajstić information content (AvgIpc) is 2.98. The topological polar surface area (TPSA) is 36.5 Å². The zero-order chi connectivity index (χ0) is 30.0. The highest BCUT2D eigenvalue weighted by Gasteiger charge is 2.48. The molecule has 0 saturated carbocycles. The van der Waals surface area contributed by atoms with Crippen LogP contribution in [0.3, 0.4) is 0 Å². The lowest BCUT2D eigenvalue weighted by atomic mass is 9.35. The van der Waals surface area contributed by atoms with Crippen molar-refractivity contribution in [3.63, 3.8) is 0 Å². The van der Waals surface area contributed by atoms with Gasteiger partial charge in [-0.1, -0.05) is 193 Å². The van der Waals surface area contributed by atoms with Crippen LogP contribution in [0.5, 0.6) is 0 Å². The maximum absolute atomic E-state index is 2.52. The third-order valence-electron chi connectivity index (χ3n) is 8.97. The SMILES string of the molecule is CCCCCCCC[B-](c1ccccc1)(c1ccccc1)[Si](CCCC)(CCCC)c1ccccc1.C[N+](C)(C)C.[NH4+]. The molecule has 0 amide bonds. The van der Waals surface area contributed by atoms with Crippen LogP contribution < -0.4 is 22.3 Å². The van der Waals surface area contributed by atoms with Gasteiger partial charge in [-0.3, -0.25) is 0 Å². The monoisotopic (exact) mass is 590 g/mol. The Morgan fingerprint density at radius 3 is 1.26 bits per heavy atom. The van der Waals surface area contributed by atoms with E-state index in [1.165, 1.54) is 82.6 Å². The number of unbranched alkanes of at least 4 members (excludes halogenated alkanes) is 7. The number of hydrogen-bond donors (Lipinski definition) is 1. The summed E-state index contributed by atoms with van der Waals surface area (Å²) in [6.07, 6.45) is 14.7. The van der Waals surface area contributed by atoms with Crippen molar-refractivity contribution >= 4 is 29.8 Å². The average molecular weight is 590 g/mol. The summed E-state index contributed by atoms with van der Waals surface area (Å²) in [7, 11) is 6.51. The van der Waals surface area contributed by atoms with E-state index >= 15 is 0 Å². The van der Waals surface area contributed by atoms with Gasteiger partial charge in [0.1, 0.15) is 0 Å². The Bertz CT molecular complexity index is 997. The highest BCUT2D eigenvalue weighted by molar-refractivity contribution is 7.55. The first-order chi connectivity index (χ1) is 19.7. The van der Waals surface area contributed by atoms with Gasteiger partial charge in [-0.25, -0.2) is 10.9 Å². The lowest BCUT2D eigenvalue weighted by Crippen LogP contribution is -2.80. The fraction of sp³-hybridized carbons (Fsp3) is 0.526. The minimum absolute atomic E-state index is 0. The van der Waals surface area contributed by atoms with Gasteiger partial charge in [0.05, 0.1) is 33.9 Å². The summed E-state index contributed by atoms with van der Waals surface area (Å²) in [5.74, 6) is 0. The van der Waals surface area contributed by atoms with E-state index in [-0.39, 0.29) is 6.15 Å². The fourth-order valence-electron chi connectivity index (χ4n) is 7.18. The van der Waals surface area contributed by atoms with Gasteiger partial charge < -0.3 is 10.6 Å². The molecule has 42 heavy (non-hydrogen) atoms. The summed E-state index contributed by atoms with van der Waals surface area (Å²) in [4.78, 5) is 0. The van der Waals surface area contributed by atoms with Crippen LogP contribution in [0.2, 0.25) is 18.4 Å². The van der Waals surface area contributed by atoms with Crippen molar-refractivity contribution in [1.82, 2.24) is 6.15 Å². The Labute approximate surface area is 262 Å². The molecule has 0 heterocycles. The summed E-state index contributed by atoms with van der Waals surface area (Å²) < 4.78 is 1.00. The molecule has 3 aromatic carbocycles. The molecule has 0 atom stereocenters. The first-order valence-electron chi connectivity index (χ1n) is 16.9. The Balaban J connectivity index is 0.00000135. The number of quaternary nitrogens is 2. The van der Waals surface area contributed by atoms with Crippen molar-refractivity contribution < 1.29 is 4.48 Å². The molecule has 0 aromatic heterocycles. The number of benzene rings is 3. The molecule has 0 unspecified atom stereocenters. The summed E-state index contributed by atoms with van der Waals surface area (Å²) in [6, 6.07) is 38.3. The second kappa shape index (κ2) is 19.9. The maximum atomic E-state index is 2.52. The zero-order valence-corrected chi connectivity index (χ0v) is 29.9. The van der Waals surface area contributed by atoms with Crippen LogP contribution in [0.4, 0.5) is 0 Å². The van der Waals surface area contributed by atoms with Crippen LogP contribution in [-0.4, -0.2) is 46.4 Å². The van der Waals surface area contributed by atoms with E-state index in [2.05, 4.69) is 140 Å². The molecular weight excluding hydrogens is 523 g/mol. The minimum atomic E-state index is -1.99. The van der Waals surface area contributed by atoms with Crippen molar-refractivity contribution in [2.24, 2.45) is 0 Å². The smallest absolute Gasteiger partial charge is 0.0675 e. The predicted molar refractivity (Wildman–Crippen MR) is 197 cm³/mol. The number of hydrogen-bond acceptors (Lipinski definition) is 0. The van der Waals surface area contributed by atoms with E-state index in [0.717, 1.165) is 4.48 Å². The third-order valence-corrected chi connectivity index (χ3v) is 15.8. The van der Waals surface area contributed by atoms with Gasteiger partial charge in [-0.05, 0) is 7.94 Å². The van der Waals surface area contributed by atoms with Gasteiger partial charge in [0, 0.05) is 0 Å². The Kier molecular flexibility index (Phi) is 18.0. The summed E-state index contributed by atoms with van der Waals surface area (Å²) in [6.45, 7) is 7.09. The summed E-state index contributed by atoms with van der Waals surface area (Å²) in [5, 5.41) is 1.70. The molecule has 0 radical (unpaired) electrons. The van der Waals surface area contributed by atoms with Gasteiger partial charge in [-0.15, -0.1) is 0 Å². The fourth-order valence-corrected chi connectivity index (χ4v) is 14.8. The van der Waals surface area contributed by atoms with Gasteiger partial charge in [0.2, 0.25) is 0 Å². The number of rotatable bonds is 17. The molecule has 0 aliphatic heterocycles. The van der Waals surface area contributed by atoms with Crippen molar-refractivity contribution in [2.45, 2.75) is 103 Å². The predicted octanol–water partition coefficient (Wildman–Crippen LogP) is 9.34. The molecule has 2 nitrogen and oxygen atoms in total.